The van der Waals surface area contributed by atoms with Crippen molar-refractivity contribution < 1.29 is 0 Å². The molecule has 0 amide bonds. The highest BCUT2D eigenvalue weighted by Crippen LogP contribution is 2.24. The van der Waals surface area contributed by atoms with Gasteiger partial charge in [0, 0.05) is 11.3 Å². The fourth-order valence-electron chi connectivity index (χ4n) is 2.07. The Labute approximate surface area is 119 Å². The molecule has 106 valence electrons. The molecule has 1 aromatic carbocycles. The van der Waals surface area contributed by atoms with E-state index < -0.39 is 0 Å². The third-order valence-electron chi connectivity index (χ3n) is 3.28. The zero-order chi connectivity index (χ0) is 14.5. The molecule has 1 aromatic heterocycles. The van der Waals surface area contributed by atoms with Gasteiger partial charge in [-0.1, -0.05) is 32.9 Å². The van der Waals surface area contributed by atoms with Crippen LogP contribution in [0.4, 0.5) is 17.3 Å². The van der Waals surface area contributed by atoms with E-state index in [-0.39, 0.29) is 0 Å². The number of hydrogen-bond donors (Lipinski definition) is 3. The van der Waals surface area contributed by atoms with Crippen LogP contribution in [0.5, 0.6) is 0 Å². The maximum atomic E-state index is 5.47. The molecule has 0 fully saturated rings. The molecule has 0 saturated heterocycles. The Hall–Kier alpha value is -2.14. The minimum atomic E-state index is 0.530. The average Bonchev–Trinajstić information content (AvgIpc) is 2.47. The van der Waals surface area contributed by atoms with Crippen LogP contribution in [-0.2, 0) is 6.42 Å². The molecule has 0 aliphatic rings. The summed E-state index contributed by atoms with van der Waals surface area (Å²) in [6, 6.07) is 8.38. The maximum Gasteiger partial charge on any atom is 0.148 e. The minimum absolute atomic E-state index is 0.530. The fraction of sp³-hybridized carbons (Fsp3) is 0.333. The standard InChI is InChI=1S/C15H21N5/c1-4-13-14(17-9-18-15(13)20-16)19-12-7-5-11(6-8-12)10(2)3/h5-10H,4,16H2,1-3H3,(H2,17,18,19,20). The summed E-state index contributed by atoms with van der Waals surface area (Å²) in [4.78, 5) is 8.41. The highest BCUT2D eigenvalue weighted by atomic mass is 15.3. The first-order valence-electron chi connectivity index (χ1n) is 6.83. The van der Waals surface area contributed by atoms with Crippen molar-refractivity contribution in [3.63, 3.8) is 0 Å². The van der Waals surface area contributed by atoms with E-state index in [0.29, 0.717) is 11.7 Å². The van der Waals surface area contributed by atoms with Crippen molar-refractivity contribution in [2.24, 2.45) is 5.84 Å². The molecule has 5 heteroatoms. The molecular weight excluding hydrogens is 250 g/mol. The highest BCUT2D eigenvalue weighted by molar-refractivity contribution is 5.64. The number of nitrogens with two attached hydrogens (primary N) is 1. The van der Waals surface area contributed by atoms with Crippen LogP contribution in [0, 0.1) is 0 Å². The number of benzene rings is 1. The van der Waals surface area contributed by atoms with Crippen LogP contribution in [-0.4, -0.2) is 9.97 Å². The monoisotopic (exact) mass is 271 g/mol. The predicted octanol–water partition coefficient (Wildman–Crippen LogP) is 3.19. The molecule has 1 heterocycles. The van der Waals surface area contributed by atoms with Crippen LogP contribution in [0.2, 0.25) is 0 Å². The van der Waals surface area contributed by atoms with Crippen molar-refractivity contribution in [2.45, 2.75) is 33.1 Å². The molecular formula is C15H21N5. The van der Waals surface area contributed by atoms with Gasteiger partial charge in [0.25, 0.3) is 0 Å². The van der Waals surface area contributed by atoms with Gasteiger partial charge in [0.2, 0.25) is 0 Å². The smallest absolute Gasteiger partial charge is 0.148 e. The SMILES string of the molecule is CCc1c(NN)ncnc1Nc1ccc(C(C)C)cc1. The normalized spacial score (nSPS) is 10.7. The molecule has 20 heavy (non-hydrogen) atoms. The number of nitrogens with zero attached hydrogens (tertiary/aromatic N) is 2. The van der Waals surface area contributed by atoms with E-state index in [0.717, 1.165) is 23.5 Å². The molecule has 0 unspecified atom stereocenters. The van der Waals surface area contributed by atoms with Crippen LogP contribution in [0.25, 0.3) is 0 Å². The number of aromatic nitrogens is 2. The summed E-state index contributed by atoms with van der Waals surface area (Å²) in [5, 5.41) is 3.32. The summed E-state index contributed by atoms with van der Waals surface area (Å²) >= 11 is 0. The van der Waals surface area contributed by atoms with E-state index in [2.05, 4.69) is 58.8 Å². The number of rotatable bonds is 5. The lowest BCUT2D eigenvalue weighted by Gasteiger charge is -2.13. The van der Waals surface area contributed by atoms with Gasteiger partial charge in [0.05, 0.1) is 0 Å². The topological polar surface area (TPSA) is 75.9 Å². The number of anilines is 3. The van der Waals surface area contributed by atoms with Gasteiger partial charge in [-0.2, -0.15) is 0 Å². The van der Waals surface area contributed by atoms with Gasteiger partial charge in [0.15, 0.2) is 0 Å². The largest absolute Gasteiger partial charge is 0.340 e. The van der Waals surface area contributed by atoms with Gasteiger partial charge in [0.1, 0.15) is 18.0 Å². The predicted molar refractivity (Wildman–Crippen MR) is 83.0 cm³/mol. The average molecular weight is 271 g/mol. The van der Waals surface area contributed by atoms with Gasteiger partial charge >= 0.3 is 0 Å². The summed E-state index contributed by atoms with van der Waals surface area (Å²) in [5.41, 5.74) is 5.90. The molecule has 2 aromatic rings. The second-order valence-corrected chi connectivity index (χ2v) is 4.95. The Kier molecular flexibility index (Phi) is 4.53. The lowest BCUT2D eigenvalue weighted by molar-refractivity contribution is 0.867. The summed E-state index contributed by atoms with van der Waals surface area (Å²) in [6.07, 6.45) is 2.30. The molecule has 0 aliphatic carbocycles. The molecule has 0 atom stereocenters. The molecule has 2 rings (SSSR count). The first kappa shape index (κ1) is 14.3. The van der Waals surface area contributed by atoms with E-state index in [9.17, 15) is 0 Å². The molecule has 0 saturated carbocycles. The lowest BCUT2D eigenvalue weighted by Crippen LogP contribution is -2.13. The highest BCUT2D eigenvalue weighted by Gasteiger charge is 2.09. The van der Waals surface area contributed by atoms with Crippen LogP contribution < -0.4 is 16.6 Å². The number of hydrazine groups is 1. The van der Waals surface area contributed by atoms with Gasteiger partial charge in [-0.05, 0) is 30.0 Å². The zero-order valence-electron chi connectivity index (χ0n) is 12.1. The van der Waals surface area contributed by atoms with Crippen molar-refractivity contribution in [3.05, 3.63) is 41.7 Å². The van der Waals surface area contributed by atoms with E-state index >= 15 is 0 Å². The minimum Gasteiger partial charge on any atom is -0.340 e. The first-order valence-corrected chi connectivity index (χ1v) is 6.83. The second-order valence-electron chi connectivity index (χ2n) is 4.95. The van der Waals surface area contributed by atoms with E-state index in [1.807, 2.05) is 6.92 Å². The number of hydrogen-bond acceptors (Lipinski definition) is 5. The molecule has 5 nitrogen and oxygen atoms in total. The van der Waals surface area contributed by atoms with Crippen LogP contribution in [0.1, 0.15) is 37.8 Å². The Bertz CT molecular complexity index is 563. The van der Waals surface area contributed by atoms with Gasteiger partial charge < -0.3 is 10.7 Å². The number of nitrogens with one attached hydrogen (secondary N) is 2. The summed E-state index contributed by atoms with van der Waals surface area (Å²) < 4.78 is 0. The van der Waals surface area contributed by atoms with E-state index in [4.69, 9.17) is 5.84 Å². The van der Waals surface area contributed by atoms with Crippen LogP contribution in [0.3, 0.4) is 0 Å². The first-order chi connectivity index (χ1) is 9.65. The summed E-state index contributed by atoms with van der Waals surface area (Å²) in [7, 11) is 0. The van der Waals surface area contributed by atoms with Crippen molar-refractivity contribution in [3.8, 4) is 0 Å². The molecule has 0 bridgehead atoms. The van der Waals surface area contributed by atoms with Gasteiger partial charge in [-0.25, -0.2) is 15.8 Å². The summed E-state index contributed by atoms with van der Waals surface area (Å²) in [5.74, 6) is 7.44. The molecule has 0 spiro atoms. The Balaban J connectivity index is 2.25. The fourth-order valence-corrected chi connectivity index (χ4v) is 2.07. The number of nitrogen functional groups attached to an aromatic ring is 1. The van der Waals surface area contributed by atoms with Crippen molar-refractivity contribution in [1.82, 2.24) is 9.97 Å². The van der Waals surface area contributed by atoms with E-state index in [1.165, 1.54) is 11.9 Å². The molecule has 4 N–H and O–H groups in total. The zero-order valence-corrected chi connectivity index (χ0v) is 12.1. The van der Waals surface area contributed by atoms with Gasteiger partial charge in [-0.3, -0.25) is 0 Å². The third-order valence-corrected chi connectivity index (χ3v) is 3.28. The van der Waals surface area contributed by atoms with Crippen LogP contribution in [0.15, 0.2) is 30.6 Å². The van der Waals surface area contributed by atoms with Gasteiger partial charge in [-0.15, -0.1) is 0 Å². The van der Waals surface area contributed by atoms with Crippen molar-refractivity contribution >= 4 is 17.3 Å². The van der Waals surface area contributed by atoms with Crippen LogP contribution >= 0.6 is 0 Å². The Morgan fingerprint density at radius 3 is 2.30 bits per heavy atom. The molecule has 0 radical (unpaired) electrons. The van der Waals surface area contributed by atoms with Crippen molar-refractivity contribution in [2.75, 3.05) is 10.7 Å². The van der Waals surface area contributed by atoms with Crippen molar-refractivity contribution in [1.29, 1.82) is 0 Å². The maximum absolute atomic E-state index is 5.47. The lowest BCUT2D eigenvalue weighted by atomic mass is 10.0. The third kappa shape index (κ3) is 3.05. The molecule has 0 aliphatic heterocycles. The van der Waals surface area contributed by atoms with E-state index in [1.54, 1.807) is 0 Å². The summed E-state index contributed by atoms with van der Waals surface area (Å²) in [6.45, 7) is 6.41. The second kappa shape index (κ2) is 6.34. The quantitative estimate of drug-likeness (QED) is 0.575. The Morgan fingerprint density at radius 1 is 1.10 bits per heavy atom. The Morgan fingerprint density at radius 2 is 1.75 bits per heavy atom.